The number of nitrogens with one attached hydrogen (secondary N) is 1. The van der Waals surface area contributed by atoms with Crippen molar-refractivity contribution in [1.29, 1.82) is 0 Å². The van der Waals surface area contributed by atoms with E-state index in [1.165, 1.54) is 0 Å². The Bertz CT molecular complexity index is 341. The molecule has 0 unspecified atom stereocenters. The van der Waals surface area contributed by atoms with Gasteiger partial charge in [-0.3, -0.25) is 4.90 Å². The molecular formula is C13H20ClFN2O. The first-order chi connectivity index (χ1) is 8.35. The van der Waals surface area contributed by atoms with Crippen LogP contribution in [0.2, 0.25) is 0 Å². The molecule has 1 aromatic carbocycles. The number of hydrogen-bond acceptors (Lipinski definition) is 3. The van der Waals surface area contributed by atoms with Gasteiger partial charge in [0, 0.05) is 26.2 Å². The number of rotatable bonds is 4. The highest BCUT2D eigenvalue weighted by atomic mass is 35.5. The van der Waals surface area contributed by atoms with E-state index >= 15 is 0 Å². The zero-order chi connectivity index (χ0) is 12.1. The molecule has 3 nitrogen and oxygen atoms in total. The predicted molar refractivity (Wildman–Crippen MR) is 73.4 cm³/mol. The standard InChI is InChI=1S/C13H19FN2O.ClH/c1-17-12-4-2-11(3-5-12)13(10-14)16-8-6-15-7-9-16;/h2-5,13,15H,6-10H2,1H3;1H/t13-;/m0./s1. The fourth-order valence-corrected chi connectivity index (χ4v) is 2.22. The lowest BCUT2D eigenvalue weighted by atomic mass is 10.1. The van der Waals surface area contributed by atoms with Crippen LogP contribution in [0.1, 0.15) is 11.6 Å². The van der Waals surface area contributed by atoms with Gasteiger partial charge in [-0.25, -0.2) is 4.39 Å². The van der Waals surface area contributed by atoms with Crippen molar-refractivity contribution in [2.75, 3.05) is 40.0 Å². The summed E-state index contributed by atoms with van der Waals surface area (Å²) in [5.41, 5.74) is 1.02. The highest BCUT2D eigenvalue weighted by Crippen LogP contribution is 2.23. The Balaban J connectivity index is 0.00000162. The van der Waals surface area contributed by atoms with Gasteiger partial charge in [-0.15, -0.1) is 12.4 Å². The second-order valence-electron chi connectivity index (χ2n) is 4.23. The molecule has 1 atom stereocenters. The van der Waals surface area contributed by atoms with E-state index in [9.17, 15) is 4.39 Å². The van der Waals surface area contributed by atoms with Crippen molar-refractivity contribution in [3.05, 3.63) is 29.8 Å². The lowest BCUT2D eigenvalue weighted by Crippen LogP contribution is -2.45. The summed E-state index contributed by atoms with van der Waals surface area (Å²) in [5, 5.41) is 3.28. The summed E-state index contributed by atoms with van der Waals surface area (Å²) >= 11 is 0. The van der Waals surface area contributed by atoms with Crippen LogP contribution in [-0.4, -0.2) is 44.9 Å². The topological polar surface area (TPSA) is 24.5 Å². The molecule has 1 saturated heterocycles. The SMILES string of the molecule is COc1ccc([C@H](CF)N2CCNCC2)cc1.Cl. The minimum absolute atomic E-state index is 0. The summed E-state index contributed by atoms with van der Waals surface area (Å²) in [5.74, 6) is 0.812. The highest BCUT2D eigenvalue weighted by Gasteiger charge is 2.21. The van der Waals surface area contributed by atoms with Gasteiger partial charge < -0.3 is 10.1 Å². The Morgan fingerprint density at radius 3 is 2.39 bits per heavy atom. The highest BCUT2D eigenvalue weighted by molar-refractivity contribution is 5.85. The molecule has 1 heterocycles. The molecule has 0 saturated carbocycles. The van der Waals surface area contributed by atoms with E-state index in [1.54, 1.807) is 7.11 Å². The first kappa shape index (κ1) is 15.2. The Labute approximate surface area is 114 Å². The van der Waals surface area contributed by atoms with Gasteiger partial charge in [0.2, 0.25) is 0 Å². The number of alkyl halides is 1. The van der Waals surface area contributed by atoms with Crippen LogP contribution < -0.4 is 10.1 Å². The summed E-state index contributed by atoms with van der Waals surface area (Å²) in [7, 11) is 1.64. The van der Waals surface area contributed by atoms with Crippen molar-refractivity contribution in [1.82, 2.24) is 10.2 Å². The molecule has 1 aliphatic rings. The van der Waals surface area contributed by atoms with Gasteiger partial charge in [-0.2, -0.15) is 0 Å². The number of piperazine rings is 1. The molecule has 5 heteroatoms. The molecule has 1 aromatic rings. The van der Waals surface area contributed by atoms with Crippen LogP contribution in [0.4, 0.5) is 4.39 Å². The maximum atomic E-state index is 13.2. The van der Waals surface area contributed by atoms with Crippen LogP contribution in [0.15, 0.2) is 24.3 Å². The van der Waals surface area contributed by atoms with Crippen LogP contribution in [-0.2, 0) is 0 Å². The summed E-state index contributed by atoms with van der Waals surface area (Å²) in [6.45, 7) is 3.34. The van der Waals surface area contributed by atoms with E-state index in [4.69, 9.17) is 4.74 Å². The molecule has 1 aliphatic heterocycles. The molecule has 18 heavy (non-hydrogen) atoms. The van der Waals surface area contributed by atoms with E-state index in [1.807, 2.05) is 24.3 Å². The average molecular weight is 275 g/mol. The smallest absolute Gasteiger partial charge is 0.118 e. The molecule has 2 rings (SSSR count). The molecule has 0 aliphatic carbocycles. The van der Waals surface area contributed by atoms with Crippen molar-refractivity contribution in [3.8, 4) is 5.75 Å². The van der Waals surface area contributed by atoms with Gasteiger partial charge >= 0.3 is 0 Å². The molecule has 0 amide bonds. The van der Waals surface area contributed by atoms with E-state index < -0.39 is 0 Å². The van der Waals surface area contributed by atoms with Crippen LogP contribution >= 0.6 is 12.4 Å². The van der Waals surface area contributed by atoms with Crippen molar-refractivity contribution < 1.29 is 9.13 Å². The van der Waals surface area contributed by atoms with Gasteiger partial charge in [0.05, 0.1) is 13.2 Å². The van der Waals surface area contributed by atoms with Crippen LogP contribution in [0.5, 0.6) is 5.75 Å². The Kier molecular flexibility index (Phi) is 6.39. The van der Waals surface area contributed by atoms with Crippen LogP contribution in [0.25, 0.3) is 0 Å². The van der Waals surface area contributed by atoms with E-state index in [0.717, 1.165) is 37.5 Å². The van der Waals surface area contributed by atoms with Gasteiger partial charge in [0.25, 0.3) is 0 Å². The summed E-state index contributed by atoms with van der Waals surface area (Å²) in [4.78, 5) is 2.19. The zero-order valence-corrected chi connectivity index (χ0v) is 11.4. The maximum Gasteiger partial charge on any atom is 0.118 e. The number of hydrogen-bond donors (Lipinski definition) is 1. The molecular weight excluding hydrogens is 255 g/mol. The quantitative estimate of drug-likeness (QED) is 0.909. The molecule has 0 spiro atoms. The zero-order valence-electron chi connectivity index (χ0n) is 10.6. The van der Waals surface area contributed by atoms with E-state index in [0.29, 0.717) is 0 Å². The third-order valence-corrected chi connectivity index (χ3v) is 3.24. The van der Waals surface area contributed by atoms with Gasteiger partial charge in [-0.1, -0.05) is 12.1 Å². The van der Waals surface area contributed by atoms with E-state index in [2.05, 4.69) is 10.2 Å². The van der Waals surface area contributed by atoms with Crippen molar-refractivity contribution in [2.45, 2.75) is 6.04 Å². The van der Waals surface area contributed by atoms with Gasteiger partial charge in [0.15, 0.2) is 0 Å². The maximum absolute atomic E-state index is 13.2. The number of benzene rings is 1. The van der Waals surface area contributed by atoms with Gasteiger partial charge in [-0.05, 0) is 17.7 Å². The average Bonchev–Trinajstić information content (AvgIpc) is 2.42. The fourth-order valence-electron chi connectivity index (χ4n) is 2.22. The monoisotopic (exact) mass is 274 g/mol. The summed E-state index contributed by atoms with van der Waals surface area (Å²) in [6.07, 6.45) is 0. The largest absolute Gasteiger partial charge is 0.497 e. The minimum Gasteiger partial charge on any atom is -0.497 e. The number of halogens is 2. The fraction of sp³-hybridized carbons (Fsp3) is 0.538. The van der Waals surface area contributed by atoms with Crippen molar-refractivity contribution in [3.63, 3.8) is 0 Å². The number of nitrogens with zero attached hydrogens (tertiary/aromatic N) is 1. The number of ether oxygens (including phenoxy) is 1. The van der Waals surface area contributed by atoms with Crippen LogP contribution in [0, 0.1) is 0 Å². The van der Waals surface area contributed by atoms with Crippen molar-refractivity contribution >= 4 is 12.4 Å². The minimum atomic E-state index is -0.341. The number of methoxy groups -OCH3 is 1. The predicted octanol–water partition coefficient (Wildman–Crippen LogP) is 2.03. The molecule has 1 N–H and O–H groups in total. The first-order valence-corrected chi connectivity index (χ1v) is 6.00. The molecule has 0 radical (unpaired) electrons. The third kappa shape index (κ3) is 3.57. The Hall–Kier alpha value is -0.840. The first-order valence-electron chi connectivity index (χ1n) is 6.00. The molecule has 0 aromatic heterocycles. The van der Waals surface area contributed by atoms with Crippen LogP contribution in [0.3, 0.4) is 0 Å². The van der Waals surface area contributed by atoms with Gasteiger partial charge in [0.1, 0.15) is 12.4 Å². The second kappa shape index (κ2) is 7.56. The lowest BCUT2D eigenvalue weighted by Gasteiger charge is -2.33. The molecule has 1 fully saturated rings. The summed E-state index contributed by atoms with van der Waals surface area (Å²) < 4.78 is 18.3. The Morgan fingerprint density at radius 2 is 1.89 bits per heavy atom. The molecule has 0 bridgehead atoms. The second-order valence-corrected chi connectivity index (χ2v) is 4.23. The Morgan fingerprint density at radius 1 is 1.28 bits per heavy atom. The van der Waals surface area contributed by atoms with Crippen molar-refractivity contribution in [2.24, 2.45) is 0 Å². The summed E-state index contributed by atoms with van der Waals surface area (Å²) in [6, 6.07) is 7.55. The van der Waals surface area contributed by atoms with E-state index in [-0.39, 0.29) is 25.1 Å². The third-order valence-electron chi connectivity index (χ3n) is 3.24. The normalized spacial score (nSPS) is 17.9. The molecule has 102 valence electrons. The lowest BCUT2D eigenvalue weighted by molar-refractivity contribution is 0.147.